The Morgan fingerprint density at radius 2 is 1.11 bits per heavy atom. The number of carboxylic acid groups (broad SMARTS) is 1. The first kappa shape index (κ1) is 32.4. The quantitative estimate of drug-likeness (QED) is 0.231. The van der Waals surface area contributed by atoms with Gasteiger partial charge in [-0.15, -0.1) is 0 Å². The number of ether oxygens (including phenoxy) is 1. The summed E-state index contributed by atoms with van der Waals surface area (Å²) in [7, 11) is 0. The van der Waals surface area contributed by atoms with Crippen LogP contribution in [0.3, 0.4) is 0 Å². The van der Waals surface area contributed by atoms with Gasteiger partial charge in [-0.2, -0.15) is 74.6 Å². The first-order chi connectivity index (χ1) is 16.1. The van der Waals surface area contributed by atoms with Crippen molar-refractivity contribution in [2.24, 2.45) is 0 Å². The van der Waals surface area contributed by atoms with Crippen LogP contribution in [0.4, 0.5) is 74.6 Å². The van der Waals surface area contributed by atoms with Crippen molar-refractivity contribution in [3.05, 3.63) is 40.6 Å². The molecule has 0 saturated carbocycles. The van der Waals surface area contributed by atoms with Crippen LogP contribution in [0.5, 0.6) is 5.75 Å². The molecular weight excluding hydrogens is 599 g/mol. The monoisotopic (exact) mass is 602 g/mol. The number of aromatic carboxylic acids is 1. The van der Waals surface area contributed by atoms with Gasteiger partial charge in [-0.3, -0.25) is 0 Å². The lowest BCUT2D eigenvalue weighted by Crippen LogP contribution is -2.72. The minimum absolute atomic E-state index is 0.234. The SMILES string of the molecule is O=C(O)c1cc(Cl)ccc1OC(F)=C(F)C(F)(F)C(F)(F)C(F)(F)C(F)(F)C(F)(F)C(F)(F)C(F)(F)F. The number of rotatable bonds is 9. The Morgan fingerprint density at radius 1 is 0.703 bits per heavy atom. The van der Waals surface area contributed by atoms with Crippen LogP contribution < -0.4 is 4.74 Å². The highest BCUT2D eigenvalue weighted by Crippen LogP contribution is 2.63. The molecule has 0 aliphatic carbocycles. The Labute approximate surface area is 196 Å². The number of carbonyl (C=O) groups is 1. The largest absolute Gasteiger partial charge is 0.478 e. The second kappa shape index (κ2) is 9.26. The van der Waals surface area contributed by atoms with Crippen molar-refractivity contribution < 1.29 is 89.3 Å². The average molecular weight is 603 g/mol. The molecule has 0 fully saturated rings. The van der Waals surface area contributed by atoms with Crippen LogP contribution >= 0.6 is 11.6 Å². The van der Waals surface area contributed by atoms with Gasteiger partial charge in [-0.1, -0.05) is 11.6 Å². The topological polar surface area (TPSA) is 46.5 Å². The van der Waals surface area contributed by atoms with Crippen LogP contribution in [-0.2, 0) is 0 Å². The predicted molar refractivity (Wildman–Crippen MR) is 84.0 cm³/mol. The van der Waals surface area contributed by atoms with E-state index in [0.717, 1.165) is 0 Å². The highest BCUT2D eigenvalue weighted by molar-refractivity contribution is 6.31. The fraction of sp³-hybridized carbons (Fsp3) is 0.438. The molecule has 0 aromatic heterocycles. The zero-order valence-corrected chi connectivity index (χ0v) is 17.1. The van der Waals surface area contributed by atoms with E-state index in [1.165, 1.54) is 0 Å². The van der Waals surface area contributed by atoms with Gasteiger partial charge in [0, 0.05) is 5.02 Å². The molecule has 0 amide bonds. The van der Waals surface area contributed by atoms with E-state index in [4.69, 9.17) is 16.7 Å². The molecule has 1 N–H and O–H groups in total. The lowest BCUT2D eigenvalue weighted by molar-refractivity contribution is -0.451. The molecule has 0 saturated heterocycles. The number of allylic oxidation sites excluding steroid dienone is 1. The van der Waals surface area contributed by atoms with Gasteiger partial charge >= 0.3 is 53.7 Å². The molecule has 1 rings (SSSR count). The molecule has 0 heterocycles. The van der Waals surface area contributed by atoms with E-state index >= 15 is 0 Å². The lowest BCUT2D eigenvalue weighted by Gasteiger charge is -2.41. The van der Waals surface area contributed by atoms with Gasteiger partial charge in [-0.25, -0.2) is 4.79 Å². The maximum atomic E-state index is 13.7. The summed E-state index contributed by atoms with van der Waals surface area (Å²) in [6.45, 7) is 0. The van der Waals surface area contributed by atoms with Gasteiger partial charge in [0.2, 0.25) is 5.83 Å². The Balaban J connectivity index is 3.66. The third kappa shape index (κ3) is 4.83. The first-order valence-corrected chi connectivity index (χ1v) is 8.60. The van der Waals surface area contributed by atoms with E-state index in [2.05, 4.69) is 4.74 Å². The zero-order valence-electron chi connectivity index (χ0n) is 16.3. The molecular formula is C16H4ClF17O3. The number of halogens is 18. The van der Waals surface area contributed by atoms with Crippen molar-refractivity contribution in [2.75, 3.05) is 0 Å². The van der Waals surface area contributed by atoms with Crippen LogP contribution in [0.15, 0.2) is 30.0 Å². The molecule has 1 aromatic carbocycles. The standard InChI is InChI=1S/C16H4ClF17O3/c17-4-1-2-6(5(3-4)9(35)36)37-8(19)7(18)10(20,21)11(22,23)12(24,25)13(26,27)14(28,29)15(30,31)16(32,33)34/h1-3H,(H,35,36). The molecule has 0 unspecified atom stereocenters. The van der Waals surface area contributed by atoms with Gasteiger partial charge in [0.1, 0.15) is 11.3 Å². The summed E-state index contributed by atoms with van der Waals surface area (Å²) in [5.74, 6) is -58.6. The van der Waals surface area contributed by atoms with Gasteiger partial charge in [0.05, 0.1) is 0 Å². The first-order valence-electron chi connectivity index (χ1n) is 8.23. The summed E-state index contributed by atoms with van der Waals surface area (Å²) in [5.41, 5.74) is -1.34. The third-order valence-corrected chi connectivity index (χ3v) is 4.38. The highest BCUT2D eigenvalue weighted by atomic mass is 35.5. The predicted octanol–water partition coefficient (Wildman–Crippen LogP) is 7.90. The van der Waals surface area contributed by atoms with E-state index in [0.29, 0.717) is 12.1 Å². The number of carboxylic acids is 1. The van der Waals surface area contributed by atoms with E-state index in [-0.39, 0.29) is 6.07 Å². The zero-order chi connectivity index (χ0) is 29.8. The van der Waals surface area contributed by atoms with E-state index in [1.807, 2.05) is 0 Å². The summed E-state index contributed by atoms with van der Waals surface area (Å²) in [6.07, 6.45) is -7.83. The maximum Gasteiger partial charge on any atom is 0.460 e. The van der Waals surface area contributed by atoms with Gasteiger partial charge < -0.3 is 9.84 Å². The maximum absolute atomic E-state index is 13.7. The molecule has 37 heavy (non-hydrogen) atoms. The molecule has 0 aliphatic heterocycles. The molecule has 3 nitrogen and oxygen atoms in total. The normalized spacial score (nSPS) is 15.4. The van der Waals surface area contributed by atoms with E-state index in [1.54, 1.807) is 0 Å². The van der Waals surface area contributed by atoms with Crippen molar-refractivity contribution in [1.29, 1.82) is 0 Å². The molecule has 212 valence electrons. The van der Waals surface area contributed by atoms with E-state index < -0.39 is 75.9 Å². The Kier molecular flexibility index (Phi) is 8.10. The number of hydrogen-bond donors (Lipinski definition) is 1. The summed E-state index contributed by atoms with van der Waals surface area (Å²) in [6, 6.07) is -2.63. The van der Waals surface area contributed by atoms with Gasteiger partial charge in [0.25, 0.3) is 0 Å². The summed E-state index contributed by atoms with van der Waals surface area (Å²) < 4.78 is 227. The van der Waals surface area contributed by atoms with Crippen LogP contribution in [0, 0.1) is 0 Å². The van der Waals surface area contributed by atoms with Gasteiger partial charge in [-0.05, 0) is 18.2 Å². The van der Waals surface area contributed by atoms with Crippen molar-refractivity contribution in [3.8, 4) is 5.75 Å². The summed E-state index contributed by atoms with van der Waals surface area (Å²) >= 11 is 5.32. The minimum atomic E-state index is -8.71. The number of benzene rings is 1. The van der Waals surface area contributed by atoms with Crippen LogP contribution in [0.1, 0.15) is 10.4 Å². The molecule has 0 bridgehead atoms. The molecule has 1 aromatic rings. The van der Waals surface area contributed by atoms with Crippen LogP contribution in [-0.4, -0.2) is 52.8 Å². The smallest absolute Gasteiger partial charge is 0.460 e. The Morgan fingerprint density at radius 3 is 1.51 bits per heavy atom. The summed E-state index contributed by atoms with van der Waals surface area (Å²) in [4.78, 5) is 10.9. The fourth-order valence-electron chi connectivity index (χ4n) is 2.13. The second-order valence-corrected chi connectivity index (χ2v) is 7.02. The summed E-state index contributed by atoms with van der Waals surface area (Å²) in [5, 5.41) is 8.28. The molecule has 21 heteroatoms. The molecule has 0 atom stereocenters. The second-order valence-electron chi connectivity index (χ2n) is 6.58. The van der Waals surface area contributed by atoms with Crippen LogP contribution in [0.2, 0.25) is 5.02 Å². The minimum Gasteiger partial charge on any atom is -0.478 e. The van der Waals surface area contributed by atoms with Crippen molar-refractivity contribution >= 4 is 17.6 Å². The van der Waals surface area contributed by atoms with Gasteiger partial charge in [0.15, 0.2) is 0 Å². The van der Waals surface area contributed by atoms with Crippen LogP contribution in [0.25, 0.3) is 0 Å². The molecule has 0 radical (unpaired) electrons. The molecule has 0 aliphatic rings. The Hall–Kier alpha value is -2.67. The highest BCUT2D eigenvalue weighted by Gasteiger charge is 2.93. The average Bonchev–Trinajstić information content (AvgIpc) is 2.72. The number of hydrogen-bond acceptors (Lipinski definition) is 2. The fourth-order valence-corrected chi connectivity index (χ4v) is 2.30. The molecule has 0 spiro atoms. The van der Waals surface area contributed by atoms with E-state index in [9.17, 15) is 79.4 Å². The number of alkyl halides is 15. The lowest BCUT2D eigenvalue weighted by atomic mass is 9.91. The Bertz CT molecular complexity index is 1080. The van der Waals surface area contributed by atoms with Crippen molar-refractivity contribution in [3.63, 3.8) is 0 Å². The van der Waals surface area contributed by atoms with Crippen molar-refractivity contribution in [1.82, 2.24) is 0 Å². The van der Waals surface area contributed by atoms with Crippen molar-refractivity contribution in [2.45, 2.75) is 41.7 Å². The third-order valence-electron chi connectivity index (χ3n) is 4.15.